The van der Waals surface area contributed by atoms with Gasteiger partial charge in [-0.3, -0.25) is 4.68 Å². The summed E-state index contributed by atoms with van der Waals surface area (Å²) in [5, 5.41) is 16.3. The van der Waals surface area contributed by atoms with Gasteiger partial charge in [0.15, 0.2) is 0 Å². The predicted molar refractivity (Wildman–Crippen MR) is 78.2 cm³/mol. The molecule has 1 aliphatic rings. The highest BCUT2D eigenvalue weighted by Crippen LogP contribution is 2.48. The first-order chi connectivity index (χ1) is 8.90. The van der Waals surface area contributed by atoms with E-state index in [1.807, 2.05) is 11.6 Å². The lowest BCUT2D eigenvalue weighted by atomic mass is 9.65. The van der Waals surface area contributed by atoms with Gasteiger partial charge in [0.05, 0.1) is 16.9 Å². The van der Waals surface area contributed by atoms with Crippen molar-refractivity contribution in [2.45, 2.75) is 59.1 Å². The van der Waals surface area contributed by atoms with E-state index in [1.165, 1.54) is 6.42 Å². The van der Waals surface area contributed by atoms with E-state index < -0.39 is 5.60 Å². The zero-order valence-corrected chi connectivity index (χ0v) is 13.1. The van der Waals surface area contributed by atoms with Crippen LogP contribution in [0.25, 0.3) is 0 Å². The first-order valence-corrected chi connectivity index (χ1v) is 7.72. The molecule has 1 fully saturated rings. The molecule has 0 spiro atoms. The summed E-state index contributed by atoms with van der Waals surface area (Å²) in [6.45, 7) is 9.36. The van der Waals surface area contributed by atoms with Crippen molar-refractivity contribution in [2.75, 3.05) is 0 Å². The Morgan fingerprint density at radius 2 is 2.21 bits per heavy atom. The summed E-state index contributed by atoms with van der Waals surface area (Å²) in [6, 6.07) is 0. The fourth-order valence-electron chi connectivity index (χ4n) is 3.68. The quantitative estimate of drug-likeness (QED) is 0.916. The van der Waals surface area contributed by atoms with Gasteiger partial charge in [0.25, 0.3) is 0 Å². The van der Waals surface area contributed by atoms with Crippen molar-refractivity contribution in [2.24, 2.45) is 17.8 Å². The summed E-state index contributed by atoms with van der Waals surface area (Å²) < 4.78 is 1.86. The van der Waals surface area contributed by atoms with Gasteiger partial charge in [0, 0.05) is 6.54 Å². The molecule has 0 saturated heterocycles. The minimum atomic E-state index is -0.838. The lowest BCUT2D eigenvalue weighted by Crippen LogP contribution is -2.44. The van der Waals surface area contributed by atoms with E-state index >= 15 is 0 Å². The summed E-state index contributed by atoms with van der Waals surface area (Å²) in [6.07, 6.45) is 4.68. The highest BCUT2D eigenvalue weighted by Gasteiger charge is 2.47. The molecule has 1 aromatic heterocycles. The third kappa shape index (κ3) is 2.55. The number of aliphatic hydroxyl groups is 1. The Bertz CT molecular complexity index is 443. The maximum absolute atomic E-state index is 11.4. The van der Waals surface area contributed by atoms with E-state index in [0.717, 1.165) is 25.1 Å². The van der Waals surface area contributed by atoms with Gasteiger partial charge in [-0.05, 0) is 37.5 Å². The standard InChI is InChI=1S/C15H25ClN2O/c1-5-18-14(13(16)9-17-18)15(19)8-11(4)6-7-12(15)10(2)3/h9-12,19H,5-8H2,1-4H3. The van der Waals surface area contributed by atoms with Gasteiger partial charge >= 0.3 is 0 Å². The number of aryl methyl sites for hydroxylation is 1. The molecule has 1 aliphatic carbocycles. The molecule has 4 heteroatoms. The van der Waals surface area contributed by atoms with Crippen molar-refractivity contribution >= 4 is 11.6 Å². The smallest absolute Gasteiger partial charge is 0.111 e. The molecule has 2 rings (SSSR count). The Labute approximate surface area is 121 Å². The van der Waals surface area contributed by atoms with E-state index in [-0.39, 0.29) is 5.92 Å². The fourth-order valence-corrected chi connectivity index (χ4v) is 3.98. The van der Waals surface area contributed by atoms with Gasteiger partial charge in [-0.2, -0.15) is 5.10 Å². The molecule has 0 aromatic carbocycles. The van der Waals surface area contributed by atoms with E-state index in [4.69, 9.17) is 11.6 Å². The van der Waals surface area contributed by atoms with Crippen molar-refractivity contribution < 1.29 is 5.11 Å². The third-order valence-corrected chi connectivity index (χ3v) is 4.83. The van der Waals surface area contributed by atoms with Crippen LogP contribution in [0.4, 0.5) is 0 Å². The summed E-state index contributed by atoms with van der Waals surface area (Å²) in [5.74, 6) is 1.22. The van der Waals surface area contributed by atoms with Crippen molar-refractivity contribution in [3.8, 4) is 0 Å². The Morgan fingerprint density at radius 1 is 1.53 bits per heavy atom. The normalized spacial score (nSPS) is 31.9. The second kappa shape index (κ2) is 5.45. The lowest BCUT2D eigenvalue weighted by molar-refractivity contribution is -0.0924. The lowest BCUT2D eigenvalue weighted by Gasteiger charge is -2.45. The minimum Gasteiger partial charge on any atom is -0.383 e. The van der Waals surface area contributed by atoms with Crippen molar-refractivity contribution in [1.29, 1.82) is 0 Å². The van der Waals surface area contributed by atoms with Crippen molar-refractivity contribution in [3.63, 3.8) is 0 Å². The van der Waals surface area contributed by atoms with Gasteiger partial charge in [0.2, 0.25) is 0 Å². The van der Waals surface area contributed by atoms with Crippen LogP contribution >= 0.6 is 11.6 Å². The fraction of sp³-hybridized carbons (Fsp3) is 0.800. The van der Waals surface area contributed by atoms with Gasteiger partial charge in [0.1, 0.15) is 5.60 Å². The Hall–Kier alpha value is -0.540. The molecule has 0 aliphatic heterocycles. The van der Waals surface area contributed by atoms with Gasteiger partial charge in [-0.1, -0.05) is 38.8 Å². The summed E-state index contributed by atoms with van der Waals surface area (Å²) >= 11 is 6.32. The van der Waals surface area contributed by atoms with Gasteiger partial charge in [-0.25, -0.2) is 0 Å². The van der Waals surface area contributed by atoms with Crippen LogP contribution in [0, 0.1) is 17.8 Å². The zero-order valence-electron chi connectivity index (χ0n) is 12.4. The van der Waals surface area contributed by atoms with Gasteiger partial charge < -0.3 is 5.11 Å². The van der Waals surface area contributed by atoms with Crippen LogP contribution in [-0.2, 0) is 12.1 Å². The average Bonchev–Trinajstić information content (AvgIpc) is 2.70. The maximum Gasteiger partial charge on any atom is 0.111 e. The number of hydrogen-bond acceptors (Lipinski definition) is 2. The Balaban J connectivity index is 2.49. The molecule has 0 amide bonds. The maximum atomic E-state index is 11.4. The van der Waals surface area contributed by atoms with Crippen LogP contribution in [0.15, 0.2) is 6.20 Å². The van der Waals surface area contributed by atoms with Crippen LogP contribution in [0.2, 0.25) is 5.02 Å². The SMILES string of the molecule is CCn1ncc(Cl)c1C1(O)CC(C)CCC1C(C)C. The molecular weight excluding hydrogens is 260 g/mol. The number of halogens is 1. The highest BCUT2D eigenvalue weighted by atomic mass is 35.5. The predicted octanol–water partition coefficient (Wildman–Crippen LogP) is 3.84. The number of aromatic nitrogens is 2. The highest BCUT2D eigenvalue weighted by molar-refractivity contribution is 6.31. The molecule has 3 nitrogen and oxygen atoms in total. The van der Waals surface area contributed by atoms with Crippen LogP contribution in [0.3, 0.4) is 0 Å². The van der Waals surface area contributed by atoms with E-state index in [0.29, 0.717) is 16.9 Å². The molecule has 3 atom stereocenters. The van der Waals surface area contributed by atoms with Crippen LogP contribution < -0.4 is 0 Å². The summed E-state index contributed by atoms with van der Waals surface area (Å²) in [5.41, 5.74) is -0.0167. The van der Waals surface area contributed by atoms with Gasteiger partial charge in [-0.15, -0.1) is 0 Å². The summed E-state index contributed by atoms with van der Waals surface area (Å²) in [4.78, 5) is 0. The number of rotatable bonds is 3. The van der Waals surface area contributed by atoms with Crippen LogP contribution in [-0.4, -0.2) is 14.9 Å². The molecule has 1 N–H and O–H groups in total. The monoisotopic (exact) mass is 284 g/mol. The zero-order chi connectivity index (χ0) is 14.2. The molecule has 0 radical (unpaired) electrons. The Kier molecular flexibility index (Phi) is 4.26. The molecule has 1 heterocycles. The molecule has 0 bridgehead atoms. The number of nitrogens with zero attached hydrogens (tertiary/aromatic N) is 2. The number of hydrogen-bond donors (Lipinski definition) is 1. The van der Waals surface area contributed by atoms with Crippen LogP contribution in [0.1, 0.15) is 52.7 Å². The largest absolute Gasteiger partial charge is 0.383 e. The first kappa shape index (κ1) is 14.9. The second-order valence-corrected chi connectivity index (χ2v) is 6.73. The molecule has 1 aromatic rings. The van der Waals surface area contributed by atoms with Crippen molar-refractivity contribution in [1.82, 2.24) is 9.78 Å². The first-order valence-electron chi connectivity index (χ1n) is 7.34. The summed E-state index contributed by atoms with van der Waals surface area (Å²) in [7, 11) is 0. The van der Waals surface area contributed by atoms with E-state index in [9.17, 15) is 5.11 Å². The topological polar surface area (TPSA) is 38.0 Å². The molecule has 19 heavy (non-hydrogen) atoms. The minimum absolute atomic E-state index is 0.253. The molecule has 1 saturated carbocycles. The average molecular weight is 285 g/mol. The van der Waals surface area contributed by atoms with Crippen LogP contribution in [0.5, 0.6) is 0 Å². The third-order valence-electron chi connectivity index (χ3n) is 4.55. The van der Waals surface area contributed by atoms with E-state index in [2.05, 4.69) is 25.9 Å². The second-order valence-electron chi connectivity index (χ2n) is 6.32. The van der Waals surface area contributed by atoms with E-state index in [1.54, 1.807) is 6.20 Å². The Morgan fingerprint density at radius 3 is 2.79 bits per heavy atom. The molecular formula is C15H25ClN2O. The van der Waals surface area contributed by atoms with Crippen molar-refractivity contribution in [3.05, 3.63) is 16.9 Å². The molecule has 3 unspecified atom stereocenters. The molecule has 108 valence electrons.